The van der Waals surface area contributed by atoms with Crippen molar-refractivity contribution in [1.82, 2.24) is 0 Å². The predicted molar refractivity (Wildman–Crippen MR) is 47.7 cm³/mol. The first-order valence-electron chi connectivity index (χ1n) is 4.05. The molecule has 0 aliphatic rings. The fraction of sp³-hybridized carbons (Fsp3) is 0.667. The van der Waals surface area contributed by atoms with Crippen LogP contribution in [0.25, 0.3) is 0 Å². The van der Waals surface area contributed by atoms with Gasteiger partial charge < -0.3 is 30.7 Å². The van der Waals surface area contributed by atoms with Crippen molar-refractivity contribution >= 4 is 11.9 Å². The van der Waals surface area contributed by atoms with E-state index in [1.165, 1.54) is 0 Å². The Morgan fingerprint density at radius 2 is 1.88 bits per heavy atom. The quantitative estimate of drug-likeness (QED) is 0.190. The van der Waals surface area contributed by atoms with E-state index in [2.05, 4.69) is 4.99 Å². The molecule has 16 heavy (non-hydrogen) atoms. The molecule has 0 aliphatic heterocycles. The monoisotopic (exact) mass is 302 g/mol. The average Bonchev–Trinajstić information content (AvgIpc) is 2.10. The van der Waals surface area contributed by atoms with Crippen molar-refractivity contribution in [2.75, 3.05) is 6.54 Å². The Labute approximate surface area is 97.4 Å². The van der Waals surface area contributed by atoms with Crippen LogP contribution in [0.5, 0.6) is 0 Å². The fourth-order valence-electron chi connectivity index (χ4n) is 0.643. The summed E-state index contributed by atoms with van der Waals surface area (Å²) in [5, 5.41) is 8.38. The maximum Gasteiger partial charge on any atom is 0.433 e. The van der Waals surface area contributed by atoms with Crippen LogP contribution in [-0.2, 0) is 4.79 Å². The summed E-state index contributed by atoms with van der Waals surface area (Å²) in [4.78, 5) is 13.9. The summed E-state index contributed by atoms with van der Waals surface area (Å²) in [6.45, 7) is 0.420. The minimum Gasteiger partial charge on any atom is -0.480 e. The van der Waals surface area contributed by atoms with Gasteiger partial charge in [0.05, 0.1) is 0 Å². The van der Waals surface area contributed by atoms with Crippen molar-refractivity contribution in [2.24, 2.45) is 22.2 Å². The van der Waals surface area contributed by atoms with Gasteiger partial charge in [-0.1, -0.05) is 0 Å². The number of aliphatic imine (C=N–C) groups is 1. The number of carboxylic acid groups (broad SMARTS) is 1. The van der Waals surface area contributed by atoms with Crippen LogP contribution in [0.1, 0.15) is 12.8 Å². The summed E-state index contributed by atoms with van der Waals surface area (Å²) in [5.74, 6) is -0.987. The molecule has 0 aliphatic carbocycles. The van der Waals surface area contributed by atoms with E-state index in [-0.39, 0.29) is 5.96 Å². The van der Waals surface area contributed by atoms with Crippen LogP contribution in [0.3, 0.4) is 0 Å². The summed E-state index contributed by atoms with van der Waals surface area (Å²) in [7, 11) is 0. The third-order valence-corrected chi connectivity index (χ3v) is 1.28. The molecule has 0 saturated carbocycles. The lowest BCUT2D eigenvalue weighted by Crippen LogP contribution is -2.30. The Kier molecular flexibility index (Phi) is 11.5. The normalized spacial score (nSPS) is 11.3. The Hall–Kier alpha value is -0.940. The van der Waals surface area contributed by atoms with Crippen LogP contribution in [0, 0.1) is 14.8 Å². The van der Waals surface area contributed by atoms with Gasteiger partial charge in [0, 0.05) is 6.54 Å². The second-order valence-corrected chi connectivity index (χ2v) is 3.44. The molecule has 0 saturated heterocycles. The fourth-order valence-corrected chi connectivity index (χ4v) is 0.643. The van der Waals surface area contributed by atoms with E-state index in [1.54, 1.807) is 0 Å². The molecule has 0 bridgehead atoms. The van der Waals surface area contributed by atoms with Crippen LogP contribution < -0.4 is 25.6 Å². The van der Waals surface area contributed by atoms with Gasteiger partial charge in [-0.25, -0.2) is 0 Å². The summed E-state index contributed by atoms with van der Waals surface area (Å²) < 4.78 is 24.3. The molecule has 0 amide bonds. The van der Waals surface area contributed by atoms with Crippen molar-refractivity contribution in [3.63, 3.8) is 0 Å². The third kappa shape index (κ3) is 18.8. The lowest BCUT2D eigenvalue weighted by Gasteiger charge is -2.03. The highest BCUT2D eigenvalue weighted by Gasteiger charge is 2.09. The average molecular weight is 303 g/mol. The molecule has 0 rings (SSSR count). The molecule has 0 aromatic carbocycles. The van der Waals surface area contributed by atoms with Crippen LogP contribution >= 0.6 is 0 Å². The number of aliphatic carboxylic acids is 1. The number of nitrogens with two attached hydrogens (primary N) is 3. The van der Waals surface area contributed by atoms with Crippen LogP contribution in [0.15, 0.2) is 4.99 Å². The highest BCUT2D eigenvalue weighted by molar-refractivity contribution is 5.75. The summed E-state index contributed by atoms with van der Waals surface area (Å²) in [6.07, 6.45) is 0.956. The Morgan fingerprint density at radius 3 is 2.19 bits per heavy atom. The van der Waals surface area contributed by atoms with E-state index in [9.17, 15) is 4.79 Å². The molecule has 0 aromatic rings. The second kappa shape index (κ2) is 10.6. The Balaban J connectivity index is 0. The van der Waals surface area contributed by atoms with Crippen molar-refractivity contribution in [1.29, 1.82) is 0 Å². The van der Waals surface area contributed by atoms with E-state index in [4.69, 9.17) is 34.9 Å². The highest BCUT2D eigenvalue weighted by atomic mass is 80.0. The topological polar surface area (TPSA) is 194 Å². The molecule has 0 radical (unpaired) electrons. The first kappa shape index (κ1) is 17.5. The van der Waals surface area contributed by atoms with E-state index in [0.717, 1.165) is 0 Å². The SMILES string of the molecule is NC(N)=NCCC[C@@H](N)C(=O)O.[O-][Br+2]([O-])O. The number of carboxylic acids is 1. The number of guanidine groups is 1. The molecule has 0 spiro atoms. The predicted octanol–water partition coefficient (Wildman–Crippen LogP) is -4.48. The Morgan fingerprint density at radius 1 is 1.44 bits per heavy atom. The molecule has 0 aromatic heterocycles. The van der Waals surface area contributed by atoms with Gasteiger partial charge in [-0.15, -0.1) is 0 Å². The van der Waals surface area contributed by atoms with Crippen molar-refractivity contribution in [3.8, 4) is 0 Å². The van der Waals surface area contributed by atoms with Gasteiger partial charge in [0.1, 0.15) is 6.04 Å². The first-order chi connectivity index (χ1) is 7.27. The van der Waals surface area contributed by atoms with Gasteiger partial charge in [-0.2, -0.15) is 0 Å². The molecule has 0 unspecified atom stereocenters. The molecule has 0 fully saturated rings. The lowest BCUT2D eigenvalue weighted by atomic mass is 10.2. The summed E-state index contributed by atoms with van der Waals surface area (Å²) >= 11 is -3.40. The van der Waals surface area contributed by atoms with Gasteiger partial charge in [-0.3, -0.25) is 9.79 Å². The molecule has 96 valence electrons. The number of halogens is 1. The van der Waals surface area contributed by atoms with Crippen LogP contribution in [-0.4, -0.2) is 33.8 Å². The van der Waals surface area contributed by atoms with Crippen LogP contribution in [0.4, 0.5) is 0 Å². The largest absolute Gasteiger partial charge is 0.480 e. The highest BCUT2D eigenvalue weighted by Crippen LogP contribution is 1.94. The molecule has 8 N–H and O–H groups in total. The number of carbonyl (C=O) groups is 1. The maximum absolute atomic E-state index is 10.2. The summed E-state index contributed by atoms with van der Waals surface area (Å²) in [6, 6.07) is -0.820. The molecular weight excluding hydrogens is 288 g/mol. The zero-order valence-corrected chi connectivity index (χ0v) is 9.96. The van der Waals surface area contributed by atoms with E-state index < -0.39 is 26.8 Å². The van der Waals surface area contributed by atoms with E-state index in [1.807, 2.05) is 0 Å². The number of hydrogen-bond acceptors (Lipinski definition) is 6. The Bertz CT molecular complexity index is 218. The van der Waals surface area contributed by atoms with Crippen LogP contribution in [0.2, 0.25) is 0 Å². The van der Waals surface area contributed by atoms with E-state index >= 15 is 0 Å². The van der Waals surface area contributed by atoms with E-state index in [0.29, 0.717) is 19.4 Å². The smallest absolute Gasteiger partial charge is 0.433 e. The molecule has 10 heteroatoms. The number of rotatable bonds is 5. The van der Waals surface area contributed by atoms with Crippen molar-refractivity contribution in [3.05, 3.63) is 0 Å². The number of hydrogen-bond donors (Lipinski definition) is 5. The molecule has 9 nitrogen and oxygen atoms in total. The molecule has 1 atom stereocenters. The van der Waals surface area contributed by atoms with Crippen molar-refractivity contribution < 1.29 is 37.3 Å². The standard InChI is InChI=1S/C6H14N4O2.BrHO3/c7-4(5(11)12)2-1-3-10-6(8)9;2-1(3)4/h4H,1-3,7H2,(H,11,12)(H4,8,9,10);2H/t4-;/m1./s1. The first-order valence-corrected chi connectivity index (χ1v) is 6.06. The van der Waals surface area contributed by atoms with Crippen molar-refractivity contribution in [2.45, 2.75) is 18.9 Å². The minimum atomic E-state index is -3.40. The van der Waals surface area contributed by atoms with Gasteiger partial charge in [0.25, 0.3) is 0 Å². The van der Waals surface area contributed by atoms with Gasteiger partial charge in [-0.05, 0) is 17.0 Å². The number of nitrogens with zero attached hydrogens (tertiary/aromatic N) is 1. The zero-order chi connectivity index (χ0) is 13.1. The van der Waals surface area contributed by atoms with Gasteiger partial charge in [0.2, 0.25) is 0 Å². The zero-order valence-electron chi connectivity index (χ0n) is 8.38. The second-order valence-electron chi connectivity index (χ2n) is 2.59. The molecular formula is C6H15BrN4O5. The minimum absolute atomic E-state index is 0.0129. The third-order valence-electron chi connectivity index (χ3n) is 1.28. The van der Waals surface area contributed by atoms with Gasteiger partial charge >= 0.3 is 20.8 Å². The lowest BCUT2D eigenvalue weighted by molar-refractivity contribution is -1.63. The maximum atomic E-state index is 10.2. The summed E-state index contributed by atoms with van der Waals surface area (Å²) in [5.41, 5.74) is 15.3. The molecule has 0 heterocycles. The van der Waals surface area contributed by atoms with Gasteiger partial charge in [0.15, 0.2) is 5.96 Å².